The molecule has 0 bridgehead atoms. The van der Waals surface area contributed by atoms with Gasteiger partial charge in [0.05, 0.1) is 12.2 Å². The van der Waals surface area contributed by atoms with Gasteiger partial charge in [-0.1, -0.05) is 12.1 Å². The molecule has 0 aliphatic carbocycles. The Morgan fingerprint density at radius 3 is 2.76 bits per heavy atom. The lowest BCUT2D eigenvalue weighted by Crippen LogP contribution is -2.66. The molecule has 0 radical (unpaired) electrons. The zero-order chi connectivity index (χ0) is 14.9. The van der Waals surface area contributed by atoms with Crippen LogP contribution in [-0.2, 0) is 0 Å². The van der Waals surface area contributed by atoms with Crippen molar-refractivity contribution in [1.82, 2.24) is 9.80 Å². The number of ether oxygens (including phenoxy) is 1. The van der Waals surface area contributed by atoms with Crippen LogP contribution in [0.15, 0.2) is 24.3 Å². The second-order valence-corrected chi connectivity index (χ2v) is 6.16. The van der Waals surface area contributed by atoms with Gasteiger partial charge in [0.15, 0.2) is 0 Å². The molecule has 0 saturated carbocycles. The Bertz CT molecular complexity index is 531. The first-order valence-corrected chi connectivity index (χ1v) is 7.89. The molecule has 114 valence electrons. The maximum atomic E-state index is 12.9. The molecule has 2 aliphatic rings. The van der Waals surface area contributed by atoms with E-state index in [4.69, 9.17) is 4.74 Å². The minimum Gasteiger partial charge on any atom is -0.493 e. The van der Waals surface area contributed by atoms with E-state index in [1.165, 1.54) is 12.8 Å². The van der Waals surface area contributed by atoms with Gasteiger partial charge in [-0.05, 0) is 45.4 Å². The molecule has 1 atom stereocenters. The summed E-state index contributed by atoms with van der Waals surface area (Å²) in [5.41, 5.74) is 0.924. The molecular formula is C17H24N2O2. The maximum absolute atomic E-state index is 12.9. The average Bonchev–Trinajstić information content (AvgIpc) is 2.54. The number of piperidine rings is 1. The normalized spacial score (nSPS) is 25.7. The fourth-order valence-corrected chi connectivity index (χ4v) is 3.55. The van der Waals surface area contributed by atoms with Crippen LogP contribution < -0.4 is 4.74 Å². The summed E-state index contributed by atoms with van der Waals surface area (Å²) in [6.45, 7) is 5.38. The van der Waals surface area contributed by atoms with E-state index < -0.39 is 0 Å². The molecule has 1 spiro atoms. The number of rotatable bonds is 3. The Hall–Kier alpha value is -1.55. The summed E-state index contributed by atoms with van der Waals surface area (Å²) < 4.78 is 5.60. The Morgan fingerprint density at radius 1 is 1.29 bits per heavy atom. The summed E-state index contributed by atoms with van der Waals surface area (Å²) in [5, 5.41) is 0. The van der Waals surface area contributed by atoms with E-state index in [1.807, 2.05) is 36.1 Å². The Labute approximate surface area is 126 Å². The molecule has 2 fully saturated rings. The quantitative estimate of drug-likeness (QED) is 0.856. The fourth-order valence-electron chi connectivity index (χ4n) is 3.55. The highest BCUT2D eigenvalue weighted by molar-refractivity contribution is 5.97. The fraction of sp³-hybridized carbons (Fsp3) is 0.588. The van der Waals surface area contributed by atoms with Gasteiger partial charge in [-0.2, -0.15) is 0 Å². The summed E-state index contributed by atoms with van der Waals surface area (Å²) in [5.74, 6) is 0.810. The monoisotopic (exact) mass is 288 g/mol. The van der Waals surface area contributed by atoms with Gasteiger partial charge in [-0.3, -0.25) is 9.69 Å². The van der Waals surface area contributed by atoms with Crippen molar-refractivity contribution in [2.24, 2.45) is 0 Å². The minimum atomic E-state index is 0.110. The predicted molar refractivity (Wildman–Crippen MR) is 82.7 cm³/mol. The number of likely N-dealkylation sites (tertiary alicyclic amines) is 2. The van der Waals surface area contributed by atoms with Crippen molar-refractivity contribution in [3.63, 3.8) is 0 Å². The van der Waals surface area contributed by atoms with E-state index in [9.17, 15) is 4.79 Å². The van der Waals surface area contributed by atoms with Gasteiger partial charge in [0.1, 0.15) is 5.75 Å². The number of nitrogens with zero attached hydrogens (tertiary/aromatic N) is 2. The van der Waals surface area contributed by atoms with Crippen molar-refractivity contribution in [3.05, 3.63) is 29.8 Å². The lowest BCUT2D eigenvalue weighted by Gasteiger charge is -2.55. The Balaban J connectivity index is 1.79. The van der Waals surface area contributed by atoms with Gasteiger partial charge in [-0.25, -0.2) is 0 Å². The highest BCUT2D eigenvalue weighted by Gasteiger charge is 2.46. The lowest BCUT2D eigenvalue weighted by molar-refractivity contribution is -0.0409. The molecule has 2 saturated heterocycles. The Morgan fingerprint density at radius 2 is 2.10 bits per heavy atom. The molecular weight excluding hydrogens is 264 g/mol. The second-order valence-electron chi connectivity index (χ2n) is 6.16. The van der Waals surface area contributed by atoms with Gasteiger partial charge in [0.25, 0.3) is 5.91 Å². The number of carbonyl (C=O) groups excluding carboxylic acids is 1. The number of carbonyl (C=O) groups is 1. The van der Waals surface area contributed by atoms with Crippen LogP contribution in [0.4, 0.5) is 0 Å². The van der Waals surface area contributed by atoms with Crippen LogP contribution in [0.1, 0.15) is 36.5 Å². The molecule has 4 nitrogen and oxygen atoms in total. The van der Waals surface area contributed by atoms with E-state index in [-0.39, 0.29) is 11.4 Å². The number of para-hydroxylation sites is 1. The highest BCUT2D eigenvalue weighted by atomic mass is 16.5. The van der Waals surface area contributed by atoms with Gasteiger partial charge >= 0.3 is 0 Å². The van der Waals surface area contributed by atoms with Crippen LogP contribution in [0.25, 0.3) is 0 Å². The van der Waals surface area contributed by atoms with Crippen molar-refractivity contribution in [2.45, 2.75) is 31.7 Å². The molecule has 0 aromatic heterocycles. The topological polar surface area (TPSA) is 32.8 Å². The number of likely N-dealkylation sites (N-methyl/N-ethyl adjacent to an activating group) is 1. The first-order valence-electron chi connectivity index (χ1n) is 7.89. The van der Waals surface area contributed by atoms with Crippen molar-refractivity contribution in [3.8, 4) is 5.75 Å². The largest absolute Gasteiger partial charge is 0.493 e. The van der Waals surface area contributed by atoms with Crippen LogP contribution in [-0.4, -0.2) is 54.5 Å². The van der Waals surface area contributed by atoms with Crippen molar-refractivity contribution < 1.29 is 9.53 Å². The first-order chi connectivity index (χ1) is 10.2. The van der Waals surface area contributed by atoms with Crippen LogP contribution in [0, 0.1) is 0 Å². The minimum absolute atomic E-state index is 0.110. The van der Waals surface area contributed by atoms with Gasteiger partial charge < -0.3 is 9.64 Å². The summed E-state index contributed by atoms with van der Waals surface area (Å²) in [6.07, 6.45) is 3.51. The average molecular weight is 288 g/mol. The van der Waals surface area contributed by atoms with Crippen molar-refractivity contribution in [2.75, 3.05) is 33.3 Å². The van der Waals surface area contributed by atoms with Crippen LogP contribution in [0.5, 0.6) is 5.75 Å². The summed E-state index contributed by atoms with van der Waals surface area (Å²) in [6, 6.07) is 7.58. The molecule has 2 aliphatic heterocycles. The van der Waals surface area contributed by atoms with Crippen molar-refractivity contribution >= 4 is 5.91 Å². The number of hydrogen-bond acceptors (Lipinski definition) is 3. The van der Waals surface area contributed by atoms with E-state index in [0.717, 1.165) is 26.1 Å². The molecule has 1 amide bonds. The summed E-state index contributed by atoms with van der Waals surface area (Å²) >= 11 is 0. The molecule has 1 aromatic carbocycles. The molecule has 4 heteroatoms. The Kier molecular flexibility index (Phi) is 3.89. The third-order valence-corrected chi connectivity index (χ3v) is 4.98. The second kappa shape index (κ2) is 5.68. The smallest absolute Gasteiger partial charge is 0.257 e. The number of benzene rings is 1. The first kappa shape index (κ1) is 14.4. The van der Waals surface area contributed by atoms with Crippen molar-refractivity contribution in [1.29, 1.82) is 0 Å². The van der Waals surface area contributed by atoms with Gasteiger partial charge in [0.2, 0.25) is 0 Å². The molecule has 1 aromatic rings. The third kappa shape index (κ3) is 2.53. The van der Waals surface area contributed by atoms with Gasteiger partial charge in [0, 0.05) is 25.2 Å². The molecule has 0 unspecified atom stereocenters. The lowest BCUT2D eigenvalue weighted by atomic mass is 9.78. The zero-order valence-electron chi connectivity index (χ0n) is 13.0. The standard InChI is InChI=1S/C17H24N2O2/c1-3-21-15-8-5-4-7-14(15)16(20)19-11-6-9-17(13-19)10-12-18(17)2/h4-5,7-8H,3,6,9-13H2,1-2H3/t17-/m1/s1. The van der Waals surface area contributed by atoms with Crippen LogP contribution in [0.2, 0.25) is 0 Å². The molecule has 21 heavy (non-hydrogen) atoms. The van der Waals surface area contributed by atoms with Gasteiger partial charge in [-0.15, -0.1) is 0 Å². The number of hydrogen-bond donors (Lipinski definition) is 0. The van der Waals surface area contributed by atoms with Crippen LogP contribution >= 0.6 is 0 Å². The zero-order valence-corrected chi connectivity index (χ0v) is 13.0. The number of amides is 1. The van der Waals surface area contributed by atoms with E-state index in [1.54, 1.807) is 0 Å². The van der Waals surface area contributed by atoms with E-state index in [0.29, 0.717) is 17.9 Å². The molecule has 2 heterocycles. The molecule has 3 rings (SSSR count). The predicted octanol–water partition coefficient (Wildman–Crippen LogP) is 2.40. The molecule has 0 N–H and O–H groups in total. The summed E-state index contributed by atoms with van der Waals surface area (Å²) in [4.78, 5) is 17.3. The third-order valence-electron chi connectivity index (χ3n) is 4.98. The highest BCUT2D eigenvalue weighted by Crippen LogP contribution is 2.37. The van der Waals surface area contributed by atoms with Crippen LogP contribution in [0.3, 0.4) is 0 Å². The summed E-state index contributed by atoms with van der Waals surface area (Å²) in [7, 11) is 2.17. The maximum Gasteiger partial charge on any atom is 0.257 e. The van der Waals surface area contributed by atoms with E-state index >= 15 is 0 Å². The van der Waals surface area contributed by atoms with E-state index in [2.05, 4.69) is 11.9 Å². The SMILES string of the molecule is CCOc1ccccc1C(=O)N1CCC[C@@]2(CCN2C)C1.